The summed E-state index contributed by atoms with van der Waals surface area (Å²) < 4.78 is 5.43. The first kappa shape index (κ1) is 18.4. The molecule has 2 fully saturated rings. The van der Waals surface area contributed by atoms with E-state index in [0.717, 1.165) is 32.8 Å². The number of carbonyl (C=O) groups excluding carboxylic acids is 1. The number of hydrogen-bond acceptors (Lipinski definition) is 4. The molecule has 2 saturated heterocycles. The van der Waals surface area contributed by atoms with Gasteiger partial charge in [0.25, 0.3) is 0 Å². The van der Waals surface area contributed by atoms with Crippen LogP contribution in [0.15, 0.2) is 0 Å². The van der Waals surface area contributed by atoms with Crippen molar-refractivity contribution in [3.05, 3.63) is 0 Å². The Morgan fingerprint density at radius 2 is 1.90 bits per heavy atom. The van der Waals surface area contributed by atoms with Gasteiger partial charge >= 0.3 is 0 Å². The van der Waals surface area contributed by atoms with Crippen molar-refractivity contribution in [2.45, 2.75) is 39.2 Å². The molecule has 5 nitrogen and oxygen atoms in total. The Labute approximate surface area is 131 Å². The summed E-state index contributed by atoms with van der Waals surface area (Å²) in [4.78, 5) is 16.5. The number of ether oxygens (including phenoxy) is 1. The molecule has 1 N–H and O–H groups in total. The van der Waals surface area contributed by atoms with Crippen molar-refractivity contribution >= 4 is 5.91 Å². The molecule has 2 aliphatic heterocycles. The highest BCUT2D eigenvalue weighted by Gasteiger charge is 2.23. The summed E-state index contributed by atoms with van der Waals surface area (Å²) in [7, 11) is 4.23. The highest BCUT2D eigenvalue weighted by Crippen LogP contribution is 2.15. The molecule has 0 radical (unpaired) electrons. The van der Waals surface area contributed by atoms with Gasteiger partial charge in [-0.1, -0.05) is 13.8 Å². The Morgan fingerprint density at radius 1 is 1.24 bits per heavy atom. The third-order valence-corrected chi connectivity index (χ3v) is 4.37. The molecule has 0 aliphatic carbocycles. The maximum Gasteiger partial charge on any atom is 0.221 e. The van der Waals surface area contributed by atoms with E-state index in [1.807, 2.05) is 13.8 Å². The second-order valence-corrected chi connectivity index (χ2v) is 5.96. The molecule has 5 heteroatoms. The maximum absolute atomic E-state index is 12.0. The van der Waals surface area contributed by atoms with Crippen molar-refractivity contribution in [3.8, 4) is 0 Å². The van der Waals surface area contributed by atoms with Crippen LogP contribution in [0.1, 0.15) is 34.5 Å². The van der Waals surface area contributed by atoms with Crippen LogP contribution in [0.4, 0.5) is 0 Å². The van der Waals surface area contributed by atoms with Crippen LogP contribution in [0.2, 0.25) is 0 Å². The Morgan fingerprint density at radius 3 is 2.52 bits per heavy atom. The van der Waals surface area contributed by atoms with E-state index in [1.54, 1.807) is 0 Å². The van der Waals surface area contributed by atoms with Gasteiger partial charge in [-0.2, -0.15) is 0 Å². The zero-order chi connectivity index (χ0) is 15.7. The van der Waals surface area contributed by atoms with Gasteiger partial charge in [-0.25, -0.2) is 0 Å². The van der Waals surface area contributed by atoms with E-state index in [-0.39, 0.29) is 13.4 Å². The first-order valence-corrected chi connectivity index (χ1v) is 8.38. The Hall–Kier alpha value is -0.650. The topological polar surface area (TPSA) is 44.8 Å². The third kappa shape index (κ3) is 6.76. The molecule has 21 heavy (non-hydrogen) atoms. The van der Waals surface area contributed by atoms with E-state index in [4.69, 9.17) is 4.74 Å². The normalized spacial score (nSPS) is 25.0. The van der Waals surface area contributed by atoms with Crippen LogP contribution in [-0.2, 0) is 9.53 Å². The number of rotatable bonds is 4. The fourth-order valence-electron chi connectivity index (χ4n) is 2.76. The molecule has 1 atom stereocenters. The zero-order valence-corrected chi connectivity index (χ0v) is 14.2. The van der Waals surface area contributed by atoms with Gasteiger partial charge in [-0.3, -0.25) is 9.69 Å². The first-order chi connectivity index (χ1) is 10.1. The summed E-state index contributed by atoms with van der Waals surface area (Å²) in [5.41, 5.74) is 0. The van der Waals surface area contributed by atoms with Crippen molar-refractivity contribution in [2.24, 2.45) is 5.92 Å². The van der Waals surface area contributed by atoms with E-state index in [1.165, 1.54) is 12.8 Å². The molecule has 2 heterocycles. The summed E-state index contributed by atoms with van der Waals surface area (Å²) in [5.74, 6) is 0.821. The molecule has 0 aromatic carbocycles. The van der Waals surface area contributed by atoms with Gasteiger partial charge in [0.2, 0.25) is 5.91 Å². The molecular formula is C16H35N3O2. The number of likely N-dealkylation sites (tertiary alicyclic amines) is 1. The van der Waals surface area contributed by atoms with Gasteiger partial charge in [0.05, 0.1) is 13.2 Å². The highest BCUT2D eigenvalue weighted by molar-refractivity contribution is 5.76. The van der Waals surface area contributed by atoms with E-state index < -0.39 is 0 Å². The van der Waals surface area contributed by atoms with Crippen LogP contribution in [-0.4, -0.2) is 75.2 Å². The summed E-state index contributed by atoms with van der Waals surface area (Å²) >= 11 is 0. The Bertz CT molecular complexity index is 297. The van der Waals surface area contributed by atoms with Gasteiger partial charge in [-0.15, -0.1) is 0 Å². The highest BCUT2D eigenvalue weighted by atomic mass is 16.5. The number of carbonyl (C=O) groups is 1. The van der Waals surface area contributed by atoms with Crippen LogP contribution < -0.4 is 5.32 Å². The number of piperidine rings is 1. The average Bonchev–Trinajstić information content (AvgIpc) is 2.51. The maximum atomic E-state index is 12.0. The third-order valence-electron chi connectivity index (χ3n) is 4.37. The predicted molar refractivity (Wildman–Crippen MR) is 88.5 cm³/mol. The molecular weight excluding hydrogens is 266 g/mol. The quantitative estimate of drug-likeness (QED) is 0.853. The molecule has 0 spiro atoms. The SMILES string of the molecule is CC.CN1CCC(CNC(=O)CC2COCCN2C)CC1.[HH]. The van der Waals surface area contributed by atoms with E-state index >= 15 is 0 Å². The fourth-order valence-corrected chi connectivity index (χ4v) is 2.76. The second kappa shape index (κ2) is 10.1. The summed E-state index contributed by atoms with van der Waals surface area (Å²) in [5, 5.41) is 3.10. The summed E-state index contributed by atoms with van der Waals surface area (Å²) in [6, 6.07) is 0.242. The van der Waals surface area contributed by atoms with E-state index in [2.05, 4.69) is 29.2 Å². The number of hydrogen-bond donors (Lipinski definition) is 1. The summed E-state index contributed by atoms with van der Waals surface area (Å²) in [6.07, 6.45) is 2.95. The molecule has 1 amide bonds. The molecule has 2 rings (SSSR count). The van der Waals surface area contributed by atoms with Crippen LogP contribution in [0.3, 0.4) is 0 Å². The molecule has 0 saturated carbocycles. The minimum absolute atomic E-state index is 0. The smallest absolute Gasteiger partial charge is 0.221 e. The van der Waals surface area contributed by atoms with Crippen LogP contribution in [0.25, 0.3) is 0 Å². The van der Waals surface area contributed by atoms with Crippen LogP contribution in [0.5, 0.6) is 0 Å². The van der Waals surface area contributed by atoms with Gasteiger partial charge in [0, 0.05) is 27.0 Å². The lowest BCUT2D eigenvalue weighted by atomic mass is 9.97. The van der Waals surface area contributed by atoms with Gasteiger partial charge < -0.3 is 15.0 Å². The predicted octanol–water partition coefficient (Wildman–Crippen LogP) is 1.44. The number of likely N-dealkylation sites (N-methyl/N-ethyl adjacent to an activating group) is 1. The molecule has 0 aromatic heterocycles. The standard InChI is InChI=1S/C14H27N3O2.C2H6.H2/c1-16-5-3-12(4-6-16)10-15-14(18)9-13-11-19-8-7-17(13)2;1-2;/h12-13H,3-11H2,1-2H3,(H,15,18);1-2H3;1H. The monoisotopic (exact) mass is 301 g/mol. The van der Waals surface area contributed by atoms with Crippen LogP contribution in [0, 0.1) is 5.92 Å². The lowest BCUT2D eigenvalue weighted by Gasteiger charge is -2.32. The number of amides is 1. The first-order valence-electron chi connectivity index (χ1n) is 8.38. The zero-order valence-electron chi connectivity index (χ0n) is 14.2. The van der Waals surface area contributed by atoms with Gasteiger partial charge in [-0.05, 0) is 45.9 Å². The number of nitrogens with one attached hydrogen (secondary N) is 1. The number of nitrogens with zero attached hydrogens (tertiary/aromatic N) is 2. The lowest BCUT2D eigenvalue weighted by Crippen LogP contribution is -2.46. The largest absolute Gasteiger partial charge is 0.378 e. The molecule has 126 valence electrons. The number of morpholine rings is 1. The van der Waals surface area contributed by atoms with Crippen LogP contribution >= 0.6 is 0 Å². The van der Waals surface area contributed by atoms with Gasteiger partial charge in [0.15, 0.2) is 0 Å². The summed E-state index contributed by atoms with van der Waals surface area (Å²) in [6.45, 7) is 9.53. The van der Waals surface area contributed by atoms with Gasteiger partial charge in [0.1, 0.15) is 0 Å². The Balaban J connectivity index is 0.00000141. The van der Waals surface area contributed by atoms with Crippen molar-refractivity contribution in [1.29, 1.82) is 0 Å². The lowest BCUT2D eigenvalue weighted by molar-refractivity contribution is -0.124. The average molecular weight is 301 g/mol. The fraction of sp³-hybridized carbons (Fsp3) is 0.938. The minimum Gasteiger partial charge on any atom is -0.378 e. The van der Waals surface area contributed by atoms with E-state index in [0.29, 0.717) is 18.9 Å². The minimum atomic E-state index is 0. The van der Waals surface area contributed by atoms with E-state index in [9.17, 15) is 4.79 Å². The molecule has 0 bridgehead atoms. The molecule has 1 unspecified atom stereocenters. The van der Waals surface area contributed by atoms with Crippen molar-refractivity contribution < 1.29 is 11.0 Å². The molecule has 2 aliphatic rings. The van der Waals surface area contributed by atoms with Crippen molar-refractivity contribution in [2.75, 3.05) is 53.5 Å². The molecule has 0 aromatic rings. The Kier molecular flexibility index (Phi) is 8.88. The van der Waals surface area contributed by atoms with Crippen molar-refractivity contribution in [1.82, 2.24) is 15.1 Å². The van der Waals surface area contributed by atoms with Crippen molar-refractivity contribution in [3.63, 3.8) is 0 Å². The second-order valence-electron chi connectivity index (χ2n) is 5.96.